The lowest BCUT2D eigenvalue weighted by molar-refractivity contribution is -0.117. The molecule has 2 aliphatic carbocycles. The summed E-state index contributed by atoms with van der Waals surface area (Å²) in [5, 5.41) is 0. The van der Waals surface area contributed by atoms with E-state index in [1.807, 2.05) is 24.3 Å². The zero-order valence-corrected chi connectivity index (χ0v) is 12.8. The van der Waals surface area contributed by atoms with Crippen molar-refractivity contribution in [1.82, 2.24) is 0 Å². The van der Waals surface area contributed by atoms with Crippen molar-refractivity contribution in [2.75, 3.05) is 7.11 Å². The fraction of sp³-hybridized carbons (Fsp3) is 0.526. The summed E-state index contributed by atoms with van der Waals surface area (Å²) >= 11 is 0. The second-order valence-electron chi connectivity index (χ2n) is 6.42. The van der Waals surface area contributed by atoms with E-state index in [4.69, 9.17) is 4.74 Å². The second kappa shape index (κ2) is 6.46. The number of hydrogen-bond donors (Lipinski definition) is 0. The van der Waals surface area contributed by atoms with E-state index in [-0.39, 0.29) is 0 Å². The molecule has 0 aliphatic heterocycles. The lowest BCUT2D eigenvalue weighted by atomic mass is 9.76. The van der Waals surface area contributed by atoms with Crippen LogP contribution in [-0.2, 0) is 4.79 Å². The third-order valence-corrected chi connectivity index (χ3v) is 5.08. The number of benzene rings is 1. The van der Waals surface area contributed by atoms with Gasteiger partial charge in [0.25, 0.3) is 0 Å². The predicted octanol–water partition coefficient (Wildman–Crippen LogP) is 4.64. The molecule has 0 saturated heterocycles. The molecule has 1 aromatic carbocycles. The van der Waals surface area contributed by atoms with Gasteiger partial charge in [-0.15, -0.1) is 0 Å². The Kier molecular flexibility index (Phi) is 4.42. The van der Waals surface area contributed by atoms with Crippen molar-refractivity contribution in [3.63, 3.8) is 0 Å². The molecule has 0 amide bonds. The van der Waals surface area contributed by atoms with E-state index in [0.717, 1.165) is 48.0 Å². The van der Waals surface area contributed by atoms with Crippen LogP contribution in [0.1, 0.15) is 50.5 Å². The number of hydrogen-bond acceptors (Lipinski definition) is 2. The first-order chi connectivity index (χ1) is 10.3. The summed E-state index contributed by atoms with van der Waals surface area (Å²) in [6, 6.07) is 7.96. The highest BCUT2D eigenvalue weighted by Gasteiger charge is 2.30. The van der Waals surface area contributed by atoms with E-state index in [1.165, 1.54) is 25.7 Å². The number of carbonyl (C=O) groups is 1. The molecule has 0 heterocycles. The van der Waals surface area contributed by atoms with Gasteiger partial charge in [0.1, 0.15) is 5.75 Å². The third-order valence-electron chi connectivity index (χ3n) is 5.08. The van der Waals surface area contributed by atoms with Crippen molar-refractivity contribution in [3.8, 4) is 5.75 Å². The van der Waals surface area contributed by atoms with Crippen LogP contribution in [0.3, 0.4) is 0 Å². The Hall–Kier alpha value is -1.57. The lowest BCUT2D eigenvalue weighted by Crippen LogP contribution is -2.22. The van der Waals surface area contributed by atoms with Crippen LogP contribution >= 0.6 is 0 Å². The molecule has 0 N–H and O–H groups in total. The highest BCUT2D eigenvalue weighted by atomic mass is 16.5. The van der Waals surface area contributed by atoms with Crippen LogP contribution in [0.2, 0.25) is 0 Å². The van der Waals surface area contributed by atoms with Crippen LogP contribution in [0.25, 0.3) is 6.08 Å². The molecule has 1 aromatic rings. The SMILES string of the molecule is COc1cccc(/C=C2/CC(C3CCCC3)CCC2=O)c1. The van der Waals surface area contributed by atoms with Gasteiger partial charge < -0.3 is 4.74 Å². The molecule has 0 radical (unpaired) electrons. The molecule has 1 unspecified atom stereocenters. The molecule has 2 fully saturated rings. The van der Waals surface area contributed by atoms with Gasteiger partial charge in [0.2, 0.25) is 0 Å². The van der Waals surface area contributed by atoms with Gasteiger partial charge in [0, 0.05) is 6.42 Å². The summed E-state index contributed by atoms with van der Waals surface area (Å²) in [5.74, 6) is 2.76. The van der Waals surface area contributed by atoms with Gasteiger partial charge in [-0.05, 0) is 54.0 Å². The van der Waals surface area contributed by atoms with Crippen molar-refractivity contribution in [3.05, 3.63) is 35.4 Å². The smallest absolute Gasteiger partial charge is 0.158 e. The topological polar surface area (TPSA) is 26.3 Å². The van der Waals surface area contributed by atoms with E-state index in [0.29, 0.717) is 5.78 Å². The number of rotatable bonds is 3. The number of carbonyl (C=O) groups excluding carboxylic acids is 1. The summed E-state index contributed by atoms with van der Waals surface area (Å²) in [5.41, 5.74) is 2.09. The Bertz CT molecular complexity index is 538. The average molecular weight is 284 g/mol. The van der Waals surface area contributed by atoms with E-state index in [2.05, 4.69) is 6.08 Å². The molecule has 3 rings (SSSR count). The minimum Gasteiger partial charge on any atom is -0.497 e. The number of methoxy groups -OCH3 is 1. The molecule has 0 spiro atoms. The van der Waals surface area contributed by atoms with E-state index in [9.17, 15) is 4.79 Å². The summed E-state index contributed by atoms with van der Waals surface area (Å²) in [4.78, 5) is 12.2. The minimum absolute atomic E-state index is 0.340. The van der Waals surface area contributed by atoms with Crippen LogP contribution in [0.4, 0.5) is 0 Å². The molecular formula is C19H24O2. The third kappa shape index (κ3) is 3.37. The molecule has 2 heteroatoms. The Balaban J connectivity index is 1.77. The zero-order valence-electron chi connectivity index (χ0n) is 12.8. The second-order valence-corrected chi connectivity index (χ2v) is 6.42. The van der Waals surface area contributed by atoms with Crippen molar-refractivity contribution < 1.29 is 9.53 Å². The fourth-order valence-corrected chi connectivity index (χ4v) is 3.88. The highest BCUT2D eigenvalue weighted by molar-refractivity contribution is 6.00. The molecule has 2 saturated carbocycles. The number of ether oxygens (including phenoxy) is 1. The van der Waals surface area contributed by atoms with Crippen molar-refractivity contribution in [2.24, 2.45) is 11.8 Å². The van der Waals surface area contributed by atoms with Crippen LogP contribution in [0.5, 0.6) is 5.75 Å². The molecule has 21 heavy (non-hydrogen) atoms. The Morgan fingerprint density at radius 1 is 1.14 bits per heavy atom. The van der Waals surface area contributed by atoms with Crippen molar-refractivity contribution >= 4 is 11.9 Å². The van der Waals surface area contributed by atoms with E-state index < -0.39 is 0 Å². The first-order valence-corrected chi connectivity index (χ1v) is 8.14. The van der Waals surface area contributed by atoms with Gasteiger partial charge in [-0.3, -0.25) is 4.79 Å². The summed E-state index contributed by atoms with van der Waals surface area (Å²) in [6.45, 7) is 0. The average Bonchev–Trinajstić information content (AvgIpc) is 3.04. The van der Waals surface area contributed by atoms with Gasteiger partial charge in [-0.2, -0.15) is 0 Å². The normalized spacial score (nSPS) is 25.5. The molecule has 1 atom stereocenters. The minimum atomic E-state index is 0.340. The highest BCUT2D eigenvalue weighted by Crippen LogP contribution is 2.40. The standard InChI is InChI=1S/C19H24O2/c1-21-18-8-4-5-14(12-18)11-17-13-16(9-10-19(17)20)15-6-2-3-7-15/h4-5,8,11-12,15-16H,2-3,6-7,9-10,13H2,1H3/b17-11-. The molecule has 112 valence electrons. The van der Waals surface area contributed by atoms with Crippen LogP contribution in [-0.4, -0.2) is 12.9 Å². The van der Waals surface area contributed by atoms with Crippen LogP contribution < -0.4 is 4.74 Å². The van der Waals surface area contributed by atoms with Crippen LogP contribution in [0, 0.1) is 11.8 Å². The van der Waals surface area contributed by atoms with Gasteiger partial charge in [0.15, 0.2) is 5.78 Å². The Labute approximate surface area is 127 Å². The largest absolute Gasteiger partial charge is 0.497 e. The fourth-order valence-electron chi connectivity index (χ4n) is 3.88. The van der Waals surface area contributed by atoms with Crippen LogP contribution in [0.15, 0.2) is 29.8 Å². The first kappa shape index (κ1) is 14.4. The lowest BCUT2D eigenvalue weighted by Gasteiger charge is -2.28. The van der Waals surface area contributed by atoms with Gasteiger partial charge in [-0.1, -0.05) is 37.8 Å². The quantitative estimate of drug-likeness (QED) is 0.756. The summed E-state index contributed by atoms with van der Waals surface area (Å²) in [6.07, 6.45) is 10.4. The molecule has 0 bridgehead atoms. The monoisotopic (exact) mass is 284 g/mol. The zero-order chi connectivity index (χ0) is 14.7. The maximum absolute atomic E-state index is 12.2. The number of Topliss-reactive ketones (excluding diaryl/α,β-unsaturated/α-hetero) is 1. The van der Waals surface area contributed by atoms with E-state index in [1.54, 1.807) is 7.11 Å². The summed E-state index contributed by atoms with van der Waals surface area (Å²) < 4.78 is 5.26. The van der Waals surface area contributed by atoms with Gasteiger partial charge in [0.05, 0.1) is 7.11 Å². The molecule has 2 aliphatic rings. The van der Waals surface area contributed by atoms with Gasteiger partial charge >= 0.3 is 0 Å². The predicted molar refractivity (Wildman–Crippen MR) is 85.3 cm³/mol. The number of ketones is 1. The Morgan fingerprint density at radius 3 is 2.71 bits per heavy atom. The Morgan fingerprint density at radius 2 is 1.95 bits per heavy atom. The van der Waals surface area contributed by atoms with E-state index >= 15 is 0 Å². The maximum Gasteiger partial charge on any atom is 0.158 e. The number of allylic oxidation sites excluding steroid dienone is 1. The van der Waals surface area contributed by atoms with Crippen molar-refractivity contribution in [2.45, 2.75) is 44.9 Å². The van der Waals surface area contributed by atoms with Crippen molar-refractivity contribution in [1.29, 1.82) is 0 Å². The molecular weight excluding hydrogens is 260 g/mol. The van der Waals surface area contributed by atoms with Gasteiger partial charge in [-0.25, -0.2) is 0 Å². The molecule has 0 aromatic heterocycles. The first-order valence-electron chi connectivity index (χ1n) is 8.14. The maximum atomic E-state index is 12.2. The molecule has 2 nitrogen and oxygen atoms in total. The summed E-state index contributed by atoms with van der Waals surface area (Å²) in [7, 11) is 1.67.